The van der Waals surface area contributed by atoms with Gasteiger partial charge in [-0.3, -0.25) is 14.2 Å². The van der Waals surface area contributed by atoms with Gasteiger partial charge in [-0.1, -0.05) is 12.0 Å². The van der Waals surface area contributed by atoms with Gasteiger partial charge < -0.3 is 15.8 Å². The average Bonchev–Trinajstić information content (AvgIpc) is 3.41. The number of aromatic nitrogens is 5. The number of methoxy groups -OCH3 is 1. The molecule has 3 N–H and O–H groups in total. The highest BCUT2D eigenvalue weighted by Crippen LogP contribution is 2.38. The second-order valence-corrected chi connectivity index (χ2v) is 10.7. The van der Waals surface area contributed by atoms with E-state index in [9.17, 15) is 4.79 Å². The molecule has 0 aliphatic rings. The van der Waals surface area contributed by atoms with E-state index in [2.05, 4.69) is 27.1 Å². The van der Waals surface area contributed by atoms with Crippen molar-refractivity contribution in [3.05, 3.63) is 107 Å². The Hall–Kier alpha value is -5.59. The number of benzene rings is 1. The van der Waals surface area contributed by atoms with Gasteiger partial charge in [0.1, 0.15) is 22.6 Å². The Morgan fingerprint density at radius 3 is 2.59 bits per heavy atom. The van der Waals surface area contributed by atoms with Crippen molar-refractivity contribution in [3.63, 3.8) is 0 Å². The number of amides is 1. The Morgan fingerprint density at radius 1 is 0.977 bits per heavy atom. The van der Waals surface area contributed by atoms with E-state index in [4.69, 9.17) is 20.4 Å². The minimum Gasteiger partial charge on any atom is -0.481 e. The molecule has 5 aromatic heterocycles. The number of carbonyl (C=O) groups excluding carboxylic acids is 1. The van der Waals surface area contributed by atoms with Gasteiger partial charge in [0.25, 0.3) is 0 Å². The number of nitrogens with two attached hydrogens (primary N) is 1. The van der Waals surface area contributed by atoms with Crippen LogP contribution in [0.4, 0.5) is 0 Å². The van der Waals surface area contributed by atoms with Crippen LogP contribution in [0.25, 0.3) is 38.9 Å². The molecule has 218 valence electrons. The monoisotopic (exact) mass is 581 g/mol. The van der Waals surface area contributed by atoms with E-state index in [1.165, 1.54) is 0 Å². The van der Waals surface area contributed by atoms with Crippen molar-refractivity contribution in [2.45, 2.75) is 26.3 Å². The third kappa shape index (κ3) is 4.91. The van der Waals surface area contributed by atoms with Crippen molar-refractivity contribution in [2.24, 2.45) is 5.73 Å². The van der Waals surface area contributed by atoms with Crippen molar-refractivity contribution in [1.82, 2.24) is 29.7 Å². The maximum atomic E-state index is 12.6. The number of pyridine rings is 4. The molecule has 6 aromatic rings. The van der Waals surface area contributed by atoms with E-state index in [1.54, 1.807) is 39.5 Å². The molecule has 5 heterocycles. The molecule has 0 aliphatic carbocycles. The van der Waals surface area contributed by atoms with E-state index in [0.717, 1.165) is 50.1 Å². The van der Waals surface area contributed by atoms with E-state index in [1.807, 2.05) is 79.0 Å². The molecule has 0 fully saturated rings. The second kappa shape index (κ2) is 11.2. The lowest BCUT2D eigenvalue weighted by atomic mass is 9.94. The van der Waals surface area contributed by atoms with Crippen LogP contribution < -0.4 is 15.8 Å². The number of imidazole rings is 1. The number of nitrogens with zero attached hydrogens (tertiary/aromatic N) is 5. The van der Waals surface area contributed by atoms with Gasteiger partial charge in [-0.2, -0.15) is 0 Å². The van der Waals surface area contributed by atoms with E-state index in [-0.39, 0.29) is 0 Å². The minimum absolute atomic E-state index is 0.448. The quantitative estimate of drug-likeness (QED) is 0.267. The zero-order chi connectivity index (χ0) is 31.0. The SMILES string of the molecule is CNC(C)(C(N)=O)c1ccc(-c2c(-c3cccnc3OC)nc3cc(C)ccn23)c(C#Cc2ccc3c(C)nccc3c2)n1. The van der Waals surface area contributed by atoms with Crippen LogP contribution in [0.1, 0.15) is 35.1 Å². The summed E-state index contributed by atoms with van der Waals surface area (Å²) in [6.07, 6.45) is 5.45. The lowest BCUT2D eigenvalue weighted by Crippen LogP contribution is -2.49. The summed E-state index contributed by atoms with van der Waals surface area (Å²) in [5, 5.41) is 5.15. The lowest BCUT2D eigenvalue weighted by Gasteiger charge is -2.25. The standard InChI is InChI=1S/C35H31N7O2/c1-21-15-18-42-30(19-21)41-31(27-7-6-16-39-33(27)44-5)32(42)26-11-13-29(35(3,37-4)34(36)43)40-28(26)12-9-23-8-10-25-22(2)38-17-14-24(25)20-23/h6-8,10-11,13-20,37H,1-5H3,(H2,36,43). The molecule has 1 amide bonds. The molecule has 0 aliphatic heterocycles. The third-order valence-electron chi connectivity index (χ3n) is 7.95. The zero-order valence-corrected chi connectivity index (χ0v) is 25.1. The molecule has 1 atom stereocenters. The van der Waals surface area contributed by atoms with Gasteiger partial charge in [0, 0.05) is 40.8 Å². The predicted molar refractivity (Wildman–Crippen MR) is 171 cm³/mol. The van der Waals surface area contributed by atoms with Crippen LogP contribution >= 0.6 is 0 Å². The number of carbonyl (C=O) groups is 1. The topological polar surface area (TPSA) is 120 Å². The molecule has 0 saturated carbocycles. The third-order valence-corrected chi connectivity index (χ3v) is 7.95. The number of primary amides is 1. The van der Waals surface area contributed by atoms with Crippen LogP contribution in [0.15, 0.2) is 79.3 Å². The van der Waals surface area contributed by atoms with Crippen LogP contribution in [-0.2, 0) is 10.3 Å². The summed E-state index contributed by atoms with van der Waals surface area (Å²) in [6.45, 7) is 5.71. The Balaban J connectivity index is 1.63. The van der Waals surface area contributed by atoms with Gasteiger partial charge in [-0.25, -0.2) is 15.0 Å². The Morgan fingerprint density at radius 2 is 1.82 bits per heavy atom. The molecular formula is C35H31N7O2. The van der Waals surface area contributed by atoms with Crippen molar-refractivity contribution in [3.8, 4) is 40.2 Å². The van der Waals surface area contributed by atoms with Gasteiger partial charge in [-0.05, 0) is 99.3 Å². The van der Waals surface area contributed by atoms with Crippen LogP contribution in [-0.4, -0.2) is 44.4 Å². The van der Waals surface area contributed by atoms with E-state index >= 15 is 0 Å². The summed E-state index contributed by atoms with van der Waals surface area (Å²) in [6, 6.07) is 19.5. The molecule has 1 aromatic carbocycles. The summed E-state index contributed by atoms with van der Waals surface area (Å²) >= 11 is 0. The largest absolute Gasteiger partial charge is 0.481 e. The fourth-order valence-electron chi connectivity index (χ4n) is 5.27. The Kier molecular flexibility index (Phi) is 7.29. The normalized spacial score (nSPS) is 12.5. The van der Waals surface area contributed by atoms with Crippen molar-refractivity contribution >= 4 is 22.3 Å². The smallest absolute Gasteiger partial charge is 0.243 e. The van der Waals surface area contributed by atoms with Crippen molar-refractivity contribution in [1.29, 1.82) is 0 Å². The number of rotatable bonds is 6. The molecule has 1 unspecified atom stereocenters. The van der Waals surface area contributed by atoms with Crippen molar-refractivity contribution < 1.29 is 9.53 Å². The van der Waals surface area contributed by atoms with Crippen molar-refractivity contribution in [2.75, 3.05) is 14.2 Å². The highest BCUT2D eigenvalue weighted by molar-refractivity contribution is 5.88. The highest BCUT2D eigenvalue weighted by Gasteiger charge is 2.34. The summed E-state index contributed by atoms with van der Waals surface area (Å²) in [4.78, 5) is 31.4. The number of likely N-dealkylation sites (N-methyl/N-ethyl adjacent to an activating group) is 1. The molecule has 0 bridgehead atoms. The number of hydrogen-bond donors (Lipinski definition) is 2. The fourth-order valence-corrected chi connectivity index (χ4v) is 5.27. The summed E-state index contributed by atoms with van der Waals surface area (Å²) in [7, 11) is 3.26. The molecule has 6 rings (SSSR count). The first-order valence-corrected chi connectivity index (χ1v) is 14.1. The zero-order valence-electron chi connectivity index (χ0n) is 25.1. The number of ether oxygens (including phenoxy) is 1. The molecular weight excluding hydrogens is 550 g/mol. The number of aryl methyl sites for hydroxylation is 2. The van der Waals surface area contributed by atoms with Gasteiger partial charge >= 0.3 is 0 Å². The molecule has 0 spiro atoms. The van der Waals surface area contributed by atoms with Gasteiger partial charge in [0.15, 0.2) is 0 Å². The second-order valence-electron chi connectivity index (χ2n) is 10.7. The van der Waals surface area contributed by atoms with E-state index in [0.29, 0.717) is 23.0 Å². The van der Waals surface area contributed by atoms with Crippen LogP contribution in [0.5, 0.6) is 5.88 Å². The molecule has 9 nitrogen and oxygen atoms in total. The van der Waals surface area contributed by atoms with Gasteiger partial charge in [0.05, 0.1) is 24.1 Å². The first-order valence-electron chi connectivity index (χ1n) is 14.1. The maximum Gasteiger partial charge on any atom is 0.243 e. The first-order chi connectivity index (χ1) is 21.2. The molecule has 9 heteroatoms. The molecule has 44 heavy (non-hydrogen) atoms. The molecule has 0 radical (unpaired) electrons. The summed E-state index contributed by atoms with van der Waals surface area (Å²) < 4.78 is 7.63. The van der Waals surface area contributed by atoms with E-state index < -0.39 is 11.4 Å². The predicted octanol–water partition coefficient (Wildman–Crippen LogP) is 4.95. The fraction of sp³-hybridized carbons (Fsp3) is 0.171. The highest BCUT2D eigenvalue weighted by atomic mass is 16.5. The first kappa shape index (κ1) is 28.5. The number of fused-ring (bicyclic) bond motifs is 2. The van der Waals surface area contributed by atoms with Crippen LogP contribution in [0, 0.1) is 25.7 Å². The number of hydrogen-bond acceptors (Lipinski definition) is 7. The number of nitrogens with one attached hydrogen (secondary N) is 1. The summed E-state index contributed by atoms with van der Waals surface area (Å²) in [5.74, 6) is 6.51. The van der Waals surface area contributed by atoms with Gasteiger partial charge in [-0.15, -0.1) is 0 Å². The maximum absolute atomic E-state index is 12.6. The lowest BCUT2D eigenvalue weighted by molar-refractivity contribution is -0.124. The van der Waals surface area contributed by atoms with Crippen LogP contribution in [0.3, 0.4) is 0 Å². The minimum atomic E-state index is -1.21. The molecule has 0 saturated heterocycles. The Labute approximate surface area is 255 Å². The summed E-state index contributed by atoms with van der Waals surface area (Å²) in [5.41, 5.74) is 12.0. The van der Waals surface area contributed by atoms with Crippen LogP contribution in [0.2, 0.25) is 0 Å². The average molecular weight is 582 g/mol. The van der Waals surface area contributed by atoms with Gasteiger partial charge in [0.2, 0.25) is 11.8 Å². The Bertz CT molecular complexity index is 2140.